The summed E-state index contributed by atoms with van der Waals surface area (Å²) in [6.07, 6.45) is 3.65. The van der Waals surface area contributed by atoms with E-state index in [0.717, 1.165) is 76.5 Å². The first-order valence-corrected chi connectivity index (χ1v) is 13.9. The number of para-hydroxylation sites is 3. The van der Waals surface area contributed by atoms with Gasteiger partial charge in [0.2, 0.25) is 0 Å². The van der Waals surface area contributed by atoms with Crippen LogP contribution in [-0.2, 0) is 0 Å². The molecule has 0 spiro atoms. The van der Waals surface area contributed by atoms with Gasteiger partial charge in [0.1, 0.15) is 16.7 Å². The van der Waals surface area contributed by atoms with E-state index in [1.165, 1.54) is 0 Å². The Morgan fingerprint density at radius 3 is 2.00 bits per heavy atom. The number of hydrogen-bond acceptors (Lipinski definition) is 4. The van der Waals surface area contributed by atoms with E-state index in [1.54, 1.807) is 0 Å². The van der Waals surface area contributed by atoms with E-state index in [9.17, 15) is 0 Å². The summed E-state index contributed by atoms with van der Waals surface area (Å²) < 4.78 is 13.6. The van der Waals surface area contributed by atoms with Crippen molar-refractivity contribution in [3.63, 3.8) is 0 Å². The van der Waals surface area contributed by atoms with Crippen LogP contribution in [0.15, 0.2) is 141 Å². The predicted molar refractivity (Wildman–Crippen MR) is 167 cm³/mol. The Morgan fingerprint density at radius 2 is 1.20 bits per heavy atom. The molecule has 0 aliphatic rings. The van der Waals surface area contributed by atoms with Crippen LogP contribution in [0.5, 0.6) is 0 Å². The highest BCUT2D eigenvalue weighted by Gasteiger charge is 2.22. The highest BCUT2D eigenvalue weighted by Crippen LogP contribution is 2.45. The first kappa shape index (κ1) is 23.1. The minimum absolute atomic E-state index is 0.831. The zero-order chi connectivity index (χ0) is 26.6. The van der Waals surface area contributed by atoms with Crippen molar-refractivity contribution in [1.29, 1.82) is 0 Å². The molecular weight excluding hydrogens is 560 g/mol. The topological polar surface area (TPSA) is 42.4 Å². The number of rotatable bonds is 4. The van der Waals surface area contributed by atoms with Crippen LogP contribution in [0.3, 0.4) is 0 Å². The zero-order valence-electron chi connectivity index (χ0n) is 21.2. The normalized spacial score (nSPS) is 11.6. The van der Waals surface area contributed by atoms with Gasteiger partial charge < -0.3 is 13.7 Å². The zero-order valence-corrected chi connectivity index (χ0v) is 22.8. The summed E-state index contributed by atoms with van der Waals surface area (Å²) in [4.78, 5) is 6.47. The van der Waals surface area contributed by atoms with Crippen LogP contribution in [0.25, 0.3) is 55.0 Å². The number of nitrogens with zero attached hydrogens (tertiary/aromatic N) is 2. The van der Waals surface area contributed by atoms with Crippen LogP contribution in [-0.4, -0.2) is 4.98 Å². The van der Waals surface area contributed by atoms with Crippen LogP contribution < -0.4 is 4.90 Å². The Balaban J connectivity index is 1.43. The third-order valence-corrected chi connectivity index (χ3v) is 8.01. The van der Waals surface area contributed by atoms with Gasteiger partial charge >= 0.3 is 0 Å². The Kier molecular flexibility index (Phi) is 5.25. The summed E-state index contributed by atoms with van der Waals surface area (Å²) in [6.45, 7) is 0. The molecule has 8 aromatic rings. The number of furan rings is 2. The lowest BCUT2D eigenvalue weighted by molar-refractivity contribution is 0.667. The molecule has 0 saturated carbocycles. The van der Waals surface area contributed by atoms with Crippen LogP contribution in [0.1, 0.15) is 0 Å². The maximum atomic E-state index is 6.52. The number of aromatic nitrogens is 1. The molecule has 0 fully saturated rings. The molecule has 0 N–H and O–H groups in total. The highest BCUT2D eigenvalue weighted by molar-refractivity contribution is 9.10. The summed E-state index contributed by atoms with van der Waals surface area (Å²) in [7, 11) is 0. The Bertz CT molecular complexity index is 2200. The number of benzene rings is 5. The summed E-state index contributed by atoms with van der Waals surface area (Å²) in [5.41, 5.74) is 8.58. The van der Waals surface area contributed by atoms with Gasteiger partial charge in [0.05, 0.1) is 10.2 Å². The van der Waals surface area contributed by atoms with E-state index in [2.05, 4.69) is 98.6 Å². The number of anilines is 3. The lowest BCUT2D eigenvalue weighted by Gasteiger charge is -2.26. The van der Waals surface area contributed by atoms with Crippen LogP contribution in [0.4, 0.5) is 17.1 Å². The van der Waals surface area contributed by atoms with Crippen molar-refractivity contribution in [2.75, 3.05) is 4.90 Å². The second-order valence-electron chi connectivity index (χ2n) is 9.78. The van der Waals surface area contributed by atoms with Gasteiger partial charge in [-0.1, -0.05) is 60.7 Å². The van der Waals surface area contributed by atoms with Gasteiger partial charge in [0.15, 0.2) is 5.58 Å². The molecule has 190 valence electrons. The van der Waals surface area contributed by atoms with E-state index in [1.807, 2.05) is 54.9 Å². The summed E-state index contributed by atoms with van der Waals surface area (Å²) in [5, 5.41) is 4.30. The summed E-state index contributed by atoms with van der Waals surface area (Å²) in [5.74, 6) is 0. The number of pyridine rings is 1. The number of halogens is 1. The molecule has 5 aromatic carbocycles. The summed E-state index contributed by atoms with van der Waals surface area (Å²) >= 11 is 3.82. The maximum absolute atomic E-state index is 6.52. The molecule has 0 aliphatic heterocycles. The van der Waals surface area contributed by atoms with E-state index >= 15 is 0 Å². The number of fused-ring (bicyclic) bond motifs is 6. The first-order chi connectivity index (χ1) is 19.7. The maximum Gasteiger partial charge on any atom is 0.159 e. The molecule has 3 heterocycles. The average Bonchev–Trinajstić information content (AvgIpc) is 3.58. The van der Waals surface area contributed by atoms with Crippen molar-refractivity contribution in [1.82, 2.24) is 4.98 Å². The van der Waals surface area contributed by atoms with Gasteiger partial charge in [0, 0.05) is 45.3 Å². The molecule has 0 aliphatic carbocycles. The largest absolute Gasteiger partial charge is 0.455 e. The standard InChI is InChI=1S/C35H21BrN2O2/c36-30-21-25(20-29-27-10-2-4-14-33(27)39-34(29)30)38(24-8-5-7-23(19-24)22-15-17-37-18-16-22)31-12-6-11-28-26-9-1-3-13-32(26)40-35(28)31/h1-21H. The smallest absolute Gasteiger partial charge is 0.159 e. The molecule has 8 rings (SSSR count). The van der Waals surface area contributed by atoms with Crippen LogP contribution in [0, 0.1) is 0 Å². The van der Waals surface area contributed by atoms with Gasteiger partial charge in [-0.05, 0) is 81.7 Å². The SMILES string of the molecule is Brc1cc(N(c2cccc(-c3ccncc3)c2)c2cccc3c2oc2ccccc23)cc2c1oc1ccccc12. The van der Waals surface area contributed by atoms with E-state index < -0.39 is 0 Å². The van der Waals surface area contributed by atoms with Gasteiger partial charge in [-0.2, -0.15) is 0 Å². The minimum atomic E-state index is 0.831. The lowest BCUT2D eigenvalue weighted by Crippen LogP contribution is -2.10. The second-order valence-corrected chi connectivity index (χ2v) is 10.6. The third-order valence-electron chi connectivity index (χ3n) is 7.42. The Labute approximate surface area is 238 Å². The van der Waals surface area contributed by atoms with Gasteiger partial charge in [-0.15, -0.1) is 0 Å². The van der Waals surface area contributed by atoms with Crippen molar-refractivity contribution in [2.24, 2.45) is 0 Å². The quantitative estimate of drug-likeness (QED) is 0.207. The Hall–Kier alpha value is -4.87. The molecule has 0 radical (unpaired) electrons. The first-order valence-electron chi connectivity index (χ1n) is 13.1. The Morgan fingerprint density at radius 1 is 0.525 bits per heavy atom. The van der Waals surface area contributed by atoms with Crippen molar-refractivity contribution in [3.05, 3.63) is 132 Å². The molecule has 0 bridgehead atoms. The summed E-state index contributed by atoms with van der Waals surface area (Å²) in [6, 6.07) is 39.6. The molecule has 40 heavy (non-hydrogen) atoms. The predicted octanol–water partition coefficient (Wildman–Crippen LogP) is 10.8. The second kappa shape index (κ2) is 9.11. The lowest BCUT2D eigenvalue weighted by atomic mass is 10.0. The van der Waals surface area contributed by atoms with E-state index in [-0.39, 0.29) is 0 Å². The van der Waals surface area contributed by atoms with Crippen molar-refractivity contribution >= 4 is 76.9 Å². The van der Waals surface area contributed by atoms with E-state index in [0.29, 0.717) is 0 Å². The monoisotopic (exact) mass is 580 g/mol. The third kappa shape index (κ3) is 3.63. The molecule has 0 amide bonds. The fourth-order valence-electron chi connectivity index (χ4n) is 5.60. The number of hydrogen-bond donors (Lipinski definition) is 0. The molecular formula is C35H21BrN2O2. The highest BCUT2D eigenvalue weighted by atomic mass is 79.9. The van der Waals surface area contributed by atoms with Crippen LogP contribution in [0.2, 0.25) is 0 Å². The fourth-order valence-corrected chi connectivity index (χ4v) is 6.13. The van der Waals surface area contributed by atoms with E-state index in [4.69, 9.17) is 8.83 Å². The molecule has 0 saturated heterocycles. The van der Waals surface area contributed by atoms with Crippen molar-refractivity contribution < 1.29 is 8.83 Å². The molecule has 0 atom stereocenters. The molecule has 5 heteroatoms. The average molecular weight is 581 g/mol. The van der Waals surface area contributed by atoms with Gasteiger partial charge in [0.25, 0.3) is 0 Å². The van der Waals surface area contributed by atoms with Gasteiger partial charge in [-0.3, -0.25) is 4.98 Å². The molecule has 0 unspecified atom stereocenters. The van der Waals surface area contributed by atoms with Crippen molar-refractivity contribution in [3.8, 4) is 11.1 Å². The molecule has 4 nitrogen and oxygen atoms in total. The van der Waals surface area contributed by atoms with Gasteiger partial charge in [-0.25, -0.2) is 0 Å². The van der Waals surface area contributed by atoms with Crippen molar-refractivity contribution in [2.45, 2.75) is 0 Å². The molecule has 3 aromatic heterocycles. The minimum Gasteiger partial charge on any atom is -0.455 e. The van der Waals surface area contributed by atoms with Crippen LogP contribution >= 0.6 is 15.9 Å². The fraction of sp³-hybridized carbons (Fsp3) is 0.